The maximum atomic E-state index is 12.2. The molecular formula is C17H24ClN5O. The molecule has 2 heterocycles. The summed E-state index contributed by atoms with van der Waals surface area (Å²) in [6.07, 6.45) is 6.34. The number of aromatic nitrogens is 3. The van der Waals surface area contributed by atoms with Gasteiger partial charge in [0.25, 0.3) is 0 Å². The number of benzene rings is 1. The lowest BCUT2D eigenvalue weighted by Gasteiger charge is -2.27. The topological polar surface area (TPSA) is 71.8 Å². The van der Waals surface area contributed by atoms with Gasteiger partial charge in [-0.2, -0.15) is 0 Å². The number of piperidine rings is 1. The first-order chi connectivity index (χ1) is 11.2. The second-order valence-electron chi connectivity index (χ2n) is 6.21. The maximum absolute atomic E-state index is 12.2. The molecule has 0 saturated carbocycles. The summed E-state index contributed by atoms with van der Waals surface area (Å²) in [6, 6.07) is 7.62. The van der Waals surface area contributed by atoms with Crippen molar-refractivity contribution in [1.29, 1.82) is 0 Å². The van der Waals surface area contributed by atoms with Crippen molar-refractivity contribution in [3.8, 4) is 5.69 Å². The zero-order valence-electron chi connectivity index (χ0n) is 13.8. The van der Waals surface area contributed by atoms with Crippen LogP contribution in [0.25, 0.3) is 5.69 Å². The highest BCUT2D eigenvalue weighted by molar-refractivity contribution is 5.90. The van der Waals surface area contributed by atoms with Crippen molar-refractivity contribution >= 4 is 24.0 Å². The fourth-order valence-electron chi connectivity index (χ4n) is 3.13. The first-order valence-electron chi connectivity index (χ1n) is 8.19. The van der Waals surface area contributed by atoms with Crippen LogP contribution in [0.3, 0.4) is 0 Å². The largest absolute Gasteiger partial charge is 0.326 e. The molecule has 1 aliphatic rings. The van der Waals surface area contributed by atoms with Crippen molar-refractivity contribution in [3.05, 3.63) is 36.7 Å². The van der Waals surface area contributed by atoms with Crippen LogP contribution in [0.4, 0.5) is 5.69 Å². The van der Waals surface area contributed by atoms with Gasteiger partial charge in [-0.3, -0.25) is 4.79 Å². The SMILES string of the molecule is CC(CC(=O)Nc1ccc(-n2ccnn2)cc1)C1CCNCC1.Cl. The van der Waals surface area contributed by atoms with Gasteiger partial charge in [-0.15, -0.1) is 17.5 Å². The molecule has 2 aromatic rings. The number of nitrogens with one attached hydrogen (secondary N) is 2. The van der Waals surface area contributed by atoms with E-state index in [1.165, 1.54) is 12.8 Å². The Labute approximate surface area is 148 Å². The van der Waals surface area contributed by atoms with Gasteiger partial charge in [0.1, 0.15) is 0 Å². The fourth-order valence-corrected chi connectivity index (χ4v) is 3.13. The van der Waals surface area contributed by atoms with Crippen LogP contribution in [0.2, 0.25) is 0 Å². The number of hydrogen-bond donors (Lipinski definition) is 2. The molecule has 0 aliphatic carbocycles. The predicted molar refractivity (Wildman–Crippen MR) is 96.6 cm³/mol. The number of halogens is 1. The molecule has 1 aliphatic heterocycles. The second-order valence-corrected chi connectivity index (χ2v) is 6.21. The summed E-state index contributed by atoms with van der Waals surface area (Å²) < 4.78 is 1.69. The fraction of sp³-hybridized carbons (Fsp3) is 0.471. The highest BCUT2D eigenvalue weighted by atomic mass is 35.5. The minimum Gasteiger partial charge on any atom is -0.326 e. The highest BCUT2D eigenvalue weighted by Gasteiger charge is 2.21. The molecule has 1 amide bonds. The van der Waals surface area contributed by atoms with Crippen LogP contribution < -0.4 is 10.6 Å². The van der Waals surface area contributed by atoms with Crippen LogP contribution in [-0.4, -0.2) is 34.0 Å². The Hall–Kier alpha value is -1.92. The third-order valence-corrected chi connectivity index (χ3v) is 4.53. The standard InChI is InChI=1S/C17H23N5O.ClH/c1-13(14-6-8-18-9-7-14)12-17(23)20-15-2-4-16(5-3-15)22-11-10-19-21-22;/h2-5,10-11,13-14,18H,6-9,12H2,1H3,(H,20,23);1H. The van der Waals surface area contributed by atoms with Crippen LogP contribution in [0.5, 0.6) is 0 Å². The number of amides is 1. The van der Waals surface area contributed by atoms with E-state index in [-0.39, 0.29) is 18.3 Å². The van der Waals surface area contributed by atoms with Gasteiger partial charge in [-0.1, -0.05) is 12.1 Å². The molecule has 1 fully saturated rings. The number of anilines is 1. The lowest BCUT2D eigenvalue weighted by atomic mass is 9.84. The number of carbonyl (C=O) groups is 1. The molecule has 2 N–H and O–H groups in total. The van der Waals surface area contributed by atoms with Gasteiger partial charge in [0.05, 0.1) is 18.1 Å². The van der Waals surface area contributed by atoms with Gasteiger partial charge in [-0.25, -0.2) is 4.68 Å². The summed E-state index contributed by atoms with van der Waals surface area (Å²) in [5, 5.41) is 14.1. The molecule has 1 aromatic heterocycles. The molecule has 1 unspecified atom stereocenters. The number of nitrogens with zero attached hydrogens (tertiary/aromatic N) is 3. The lowest BCUT2D eigenvalue weighted by molar-refractivity contribution is -0.117. The minimum absolute atomic E-state index is 0. The monoisotopic (exact) mass is 349 g/mol. The molecule has 6 nitrogen and oxygen atoms in total. The van der Waals surface area contributed by atoms with Gasteiger partial charge >= 0.3 is 0 Å². The summed E-state index contributed by atoms with van der Waals surface area (Å²) in [4.78, 5) is 12.2. The third-order valence-electron chi connectivity index (χ3n) is 4.53. The van der Waals surface area contributed by atoms with Crippen molar-refractivity contribution in [3.63, 3.8) is 0 Å². The normalized spacial score (nSPS) is 16.2. The van der Waals surface area contributed by atoms with Gasteiger partial charge < -0.3 is 10.6 Å². The molecule has 0 bridgehead atoms. The van der Waals surface area contributed by atoms with E-state index < -0.39 is 0 Å². The summed E-state index contributed by atoms with van der Waals surface area (Å²) in [5.74, 6) is 1.16. The zero-order valence-corrected chi connectivity index (χ0v) is 14.6. The number of rotatable bonds is 5. The van der Waals surface area contributed by atoms with Crippen molar-refractivity contribution in [1.82, 2.24) is 20.3 Å². The molecule has 0 spiro atoms. The van der Waals surface area contributed by atoms with Gasteiger partial charge in [0.2, 0.25) is 5.91 Å². The van der Waals surface area contributed by atoms with Gasteiger partial charge in [0.15, 0.2) is 0 Å². The average Bonchev–Trinajstić information content (AvgIpc) is 3.11. The van der Waals surface area contributed by atoms with E-state index in [0.717, 1.165) is 24.5 Å². The van der Waals surface area contributed by atoms with E-state index >= 15 is 0 Å². The molecule has 3 rings (SSSR count). The van der Waals surface area contributed by atoms with Crippen LogP contribution >= 0.6 is 12.4 Å². The van der Waals surface area contributed by atoms with E-state index in [0.29, 0.717) is 18.3 Å². The van der Waals surface area contributed by atoms with E-state index in [4.69, 9.17) is 0 Å². The first-order valence-corrected chi connectivity index (χ1v) is 8.19. The van der Waals surface area contributed by atoms with Gasteiger partial charge in [-0.05, 0) is 62.0 Å². The Morgan fingerprint density at radius 3 is 2.67 bits per heavy atom. The number of hydrogen-bond acceptors (Lipinski definition) is 4. The third kappa shape index (κ3) is 4.79. The second kappa shape index (κ2) is 8.80. The Kier molecular flexibility index (Phi) is 6.75. The van der Waals surface area contributed by atoms with Crippen molar-refractivity contribution in [2.24, 2.45) is 11.8 Å². The van der Waals surface area contributed by atoms with Crippen LogP contribution in [0.15, 0.2) is 36.7 Å². The lowest BCUT2D eigenvalue weighted by Crippen LogP contribution is -2.32. The molecule has 1 atom stereocenters. The van der Waals surface area contributed by atoms with E-state index in [9.17, 15) is 4.79 Å². The molecule has 1 aromatic carbocycles. The van der Waals surface area contributed by atoms with Crippen molar-refractivity contribution in [2.45, 2.75) is 26.2 Å². The van der Waals surface area contributed by atoms with Gasteiger partial charge in [0, 0.05) is 12.1 Å². The highest BCUT2D eigenvalue weighted by Crippen LogP contribution is 2.24. The minimum atomic E-state index is 0. The quantitative estimate of drug-likeness (QED) is 0.870. The Bertz CT molecular complexity index is 623. The summed E-state index contributed by atoms with van der Waals surface area (Å²) >= 11 is 0. The van der Waals surface area contributed by atoms with Crippen LogP contribution in [0, 0.1) is 11.8 Å². The van der Waals surface area contributed by atoms with E-state index in [2.05, 4.69) is 27.9 Å². The van der Waals surface area contributed by atoms with E-state index in [1.54, 1.807) is 17.1 Å². The molecular weight excluding hydrogens is 326 g/mol. The number of carbonyl (C=O) groups excluding carboxylic acids is 1. The summed E-state index contributed by atoms with van der Waals surface area (Å²) in [5.41, 5.74) is 1.74. The van der Waals surface area contributed by atoms with Crippen LogP contribution in [-0.2, 0) is 4.79 Å². The molecule has 24 heavy (non-hydrogen) atoms. The Morgan fingerprint density at radius 1 is 1.33 bits per heavy atom. The van der Waals surface area contributed by atoms with Crippen molar-refractivity contribution < 1.29 is 4.79 Å². The zero-order chi connectivity index (χ0) is 16.1. The van der Waals surface area contributed by atoms with E-state index in [1.807, 2.05) is 24.3 Å². The van der Waals surface area contributed by atoms with Crippen molar-refractivity contribution in [2.75, 3.05) is 18.4 Å². The summed E-state index contributed by atoms with van der Waals surface area (Å²) in [7, 11) is 0. The smallest absolute Gasteiger partial charge is 0.224 e. The molecule has 130 valence electrons. The Morgan fingerprint density at radius 2 is 2.04 bits per heavy atom. The molecule has 0 radical (unpaired) electrons. The summed E-state index contributed by atoms with van der Waals surface area (Å²) in [6.45, 7) is 4.32. The first kappa shape index (κ1) is 18.4. The maximum Gasteiger partial charge on any atom is 0.224 e. The predicted octanol–water partition coefficient (Wildman–Crippen LogP) is 2.65. The molecule has 7 heteroatoms. The average molecular weight is 350 g/mol. The van der Waals surface area contributed by atoms with Crippen LogP contribution in [0.1, 0.15) is 26.2 Å². The Balaban J connectivity index is 0.00000208. The molecule has 1 saturated heterocycles.